The fourth-order valence-electron chi connectivity index (χ4n) is 2.94. The van der Waals surface area contributed by atoms with Crippen LogP contribution in [0.3, 0.4) is 0 Å². The van der Waals surface area contributed by atoms with Gasteiger partial charge in [0.1, 0.15) is 22.9 Å². The number of thioether (sulfide) groups is 1. The minimum atomic E-state index is -1.31. The van der Waals surface area contributed by atoms with Crippen molar-refractivity contribution in [2.45, 2.75) is 29.5 Å². The maximum atomic E-state index is 12.7. The number of aliphatic carboxylic acids is 2. The highest BCUT2D eigenvalue weighted by Crippen LogP contribution is 2.23. The van der Waals surface area contributed by atoms with Gasteiger partial charge >= 0.3 is 11.9 Å². The predicted octanol–water partition coefficient (Wildman–Crippen LogP) is 0.823. The van der Waals surface area contributed by atoms with Crippen LogP contribution in [-0.4, -0.2) is 49.1 Å². The average molecular weight is 472 g/mol. The Bertz CT molecular complexity index is 1280. The van der Waals surface area contributed by atoms with Crippen molar-refractivity contribution >= 4 is 52.4 Å². The number of benzene rings is 1. The molecule has 172 valence electrons. The Morgan fingerprint density at radius 1 is 1.12 bits per heavy atom. The van der Waals surface area contributed by atoms with Gasteiger partial charge in [0.05, 0.1) is 0 Å². The molecular formula is C20H20N6O6S. The lowest BCUT2D eigenvalue weighted by Gasteiger charge is -2.13. The second-order valence-electron chi connectivity index (χ2n) is 6.94. The Kier molecular flexibility index (Phi) is 7.13. The minimum Gasteiger partial charge on any atom is -0.481 e. The number of nitrogen functional groups attached to an aromatic ring is 2. The lowest BCUT2D eigenvalue weighted by atomic mass is 10.1. The first-order valence-corrected chi connectivity index (χ1v) is 10.6. The lowest BCUT2D eigenvalue weighted by molar-refractivity contribution is -0.140. The highest BCUT2D eigenvalue weighted by Gasteiger charge is 2.21. The van der Waals surface area contributed by atoms with Gasteiger partial charge in [-0.1, -0.05) is 0 Å². The number of rotatable bonds is 9. The molecule has 0 aliphatic carbocycles. The average Bonchev–Trinajstić information content (AvgIpc) is 2.75. The van der Waals surface area contributed by atoms with Gasteiger partial charge < -0.3 is 32.0 Å². The number of nitrogens with two attached hydrogens (primary N) is 2. The first-order valence-electron chi connectivity index (χ1n) is 9.57. The molecule has 3 aromatic rings. The van der Waals surface area contributed by atoms with E-state index < -0.39 is 23.9 Å². The predicted molar refractivity (Wildman–Crippen MR) is 121 cm³/mol. The number of pyridine rings is 1. The molecule has 0 bridgehead atoms. The Labute approximate surface area is 190 Å². The summed E-state index contributed by atoms with van der Waals surface area (Å²) in [6.07, 6.45) is 0.910. The molecule has 1 atom stereocenters. The summed E-state index contributed by atoms with van der Waals surface area (Å²) in [5, 5.41) is 20.3. The van der Waals surface area contributed by atoms with Crippen molar-refractivity contribution < 1.29 is 24.6 Å². The number of aromatic amines is 1. The number of H-pyrrole nitrogens is 1. The Hall–Kier alpha value is -4.13. The quantitative estimate of drug-likeness (QED) is 0.240. The molecule has 1 amide bonds. The van der Waals surface area contributed by atoms with E-state index in [1.54, 1.807) is 12.1 Å². The standard InChI is InChI=1S/C20H20N6O6S/c21-16-14-15(29)10(7-23-17(14)26-20(22)25-16)8-33-11-3-1-9(2-4-11)18(30)24-12(19(31)32)5-6-13(27)28/h1-4,7,12H,5-6,8H2,(H,24,30)(H,27,28)(H,31,32)(H5,21,22,23,25,26,29). The molecule has 3 rings (SSSR count). The molecule has 1 aromatic carbocycles. The molecular weight excluding hydrogens is 452 g/mol. The topological polar surface area (TPSA) is 214 Å². The first kappa shape index (κ1) is 23.5. The molecule has 8 N–H and O–H groups in total. The number of nitrogens with zero attached hydrogens (tertiary/aromatic N) is 2. The molecule has 13 heteroatoms. The van der Waals surface area contributed by atoms with Gasteiger partial charge in [-0.3, -0.25) is 14.4 Å². The summed E-state index contributed by atoms with van der Waals surface area (Å²) < 4.78 is 0. The molecule has 12 nitrogen and oxygen atoms in total. The van der Waals surface area contributed by atoms with E-state index in [1.165, 1.54) is 30.1 Å². The third-order valence-electron chi connectivity index (χ3n) is 4.62. The van der Waals surface area contributed by atoms with Crippen molar-refractivity contribution in [2.24, 2.45) is 0 Å². The number of fused-ring (bicyclic) bond motifs is 1. The number of hydrogen-bond acceptors (Lipinski definition) is 9. The van der Waals surface area contributed by atoms with Gasteiger partial charge in [0.25, 0.3) is 5.91 Å². The number of hydrogen-bond donors (Lipinski definition) is 6. The van der Waals surface area contributed by atoms with E-state index in [0.29, 0.717) is 11.3 Å². The molecule has 0 saturated carbocycles. The summed E-state index contributed by atoms with van der Waals surface area (Å²) >= 11 is 1.34. The zero-order valence-electron chi connectivity index (χ0n) is 17.1. The molecule has 0 spiro atoms. The Morgan fingerprint density at radius 2 is 1.82 bits per heavy atom. The van der Waals surface area contributed by atoms with E-state index in [-0.39, 0.29) is 46.6 Å². The van der Waals surface area contributed by atoms with E-state index in [4.69, 9.17) is 21.7 Å². The van der Waals surface area contributed by atoms with Crippen LogP contribution in [0, 0.1) is 0 Å². The van der Waals surface area contributed by atoms with Crippen molar-refractivity contribution in [3.63, 3.8) is 0 Å². The fourth-order valence-corrected chi connectivity index (χ4v) is 3.81. The number of carbonyl (C=O) groups is 3. The molecule has 1 unspecified atom stereocenters. The van der Waals surface area contributed by atoms with Crippen LogP contribution in [0.5, 0.6) is 0 Å². The van der Waals surface area contributed by atoms with Crippen LogP contribution in [0.4, 0.5) is 11.8 Å². The van der Waals surface area contributed by atoms with Crippen LogP contribution in [-0.2, 0) is 15.3 Å². The Balaban J connectivity index is 1.67. The van der Waals surface area contributed by atoms with Crippen LogP contribution >= 0.6 is 11.8 Å². The number of carboxylic acid groups (broad SMARTS) is 2. The zero-order chi connectivity index (χ0) is 24.1. The van der Waals surface area contributed by atoms with E-state index in [0.717, 1.165) is 4.90 Å². The van der Waals surface area contributed by atoms with E-state index in [2.05, 4.69) is 20.3 Å². The number of carboxylic acids is 2. The summed E-state index contributed by atoms with van der Waals surface area (Å²) in [6, 6.07) is 5.01. The smallest absolute Gasteiger partial charge is 0.326 e. The van der Waals surface area contributed by atoms with Gasteiger partial charge in [-0.15, -0.1) is 11.8 Å². The van der Waals surface area contributed by atoms with Gasteiger partial charge in [-0.05, 0) is 30.7 Å². The van der Waals surface area contributed by atoms with Crippen molar-refractivity contribution in [3.05, 3.63) is 51.8 Å². The minimum absolute atomic E-state index is 0.0102. The van der Waals surface area contributed by atoms with Gasteiger partial charge in [0, 0.05) is 34.4 Å². The van der Waals surface area contributed by atoms with Crippen molar-refractivity contribution in [1.29, 1.82) is 0 Å². The summed E-state index contributed by atoms with van der Waals surface area (Å²) in [5.41, 5.74) is 11.9. The summed E-state index contributed by atoms with van der Waals surface area (Å²) in [7, 11) is 0. The second-order valence-corrected chi connectivity index (χ2v) is 7.99. The van der Waals surface area contributed by atoms with Crippen LogP contribution in [0.2, 0.25) is 0 Å². The summed E-state index contributed by atoms with van der Waals surface area (Å²) in [5.74, 6) is -2.85. The third kappa shape index (κ3) is 5.77. The van der Waals surface area contributed by atoms with E-state index in [1.807, 2.05) is 0 Å². The number of amides is 1. The largest absolute Gasteiger partial charge is 0.481 e. The van der Waals surface area contributed by atoms with Crippen molar-refractivity contribution in [2.75, 3.05) is 11.5 Å². The monoisotopic (exact) mass is 472 g/mol. The lowest BCUT2D eigenvalue weighted by Crippen LogP contribution is -2.41. The van der Waals surface area contributed by atoms with Crippen LogP contribution < -0.4 is 22.2 Å². The fraction of sp³-hybridized carbons (Fsp3) is 0.200. The van der Waals surface area contributed by atoms with Crippen LogP contribution in [0.25, 0.3) is 11.0 Å². The Morgan fingerprint density at radius 3 is 2.45 bits per heavy atom. The maximum Gasteiger partial charge on any atom is 0.326 e. The molecule has 0 saturated heterocycles. The molecule has 2 aromatic heterocycles. The first-order chi connectivity index (χ1) is 15.7. The third-order valence-corrected chi connectivity index (χ3v) is 5.68. The van der Waals surface area contributed by atoms with Gasteiger partial charge in [0.15, 0.2) is 5.43 Å². The molecule has 0 fully saturated rings. The van der Waals surface area contributed by atoms with Gasteiger partial charge in [0.2, 0.25) is 5.95 Å². The number of aromatic nitrogens is 3. The zero-order valence-corrected chi connectivity index (χ0v) is 17.9. The van der Waals surface area contributed by atoms with Crippen LogP contribution in [0.1, 0.15) is 28.8 Å². The van der Waals surface area contributed by atoms with Crippen molar-refractivity contribution in [3.8, 4) is 0 Å². The normalized spacial score (nSPS) is 11.8. The highest BCUT2D eigenvalue weighted by atomic mass is 32.2. The summed E-state index contributed by atoms with van der Waals surface area (Å²) in [4.78, 5) is 58.3. The van der Waals surface area contributed by atoms with Crippen molar-refractivity contribution in [1.82, 2.24) is 20.3 Å². The summed E-state index contributed by atoms with van der Waals surface area (Å²) in [6.45, 7) is 0. The van der Waals surface area contributed by atoms with Gasteiger partial charge in [-0.25, -0.2) is 4.79 Å². The maximum absolute atomic E-state index is 12.7. The second kappa shape index (κ2) is 9.99. The van der Waals surface area contributed by atoms with E-state index in [9.17, 15) is 19.2 Å². The highest BCUT2D eigenvalue weighted by molar-refractivity contribution is 7.98. The molecule has 0 radical (unpaired) electrons. The number of anilines is 2. The SMILES string of the molecule is Nc1nc(N)c2c(=O)c(CSc3ccc(C(=O)NC(CCC(=O)O)C(=O)O)cc3)c[nH]c2n1. The molecule has 0 aliphatic rings. The molecule has 2 heterocycles. The number of carbonyl (C=O) groups excluding carboxylic acids is 1. The van der Waals surface area contributed by atoms with E-state index >= 15 is 0 Å². The number of nitrogens with one attached hydrogen (secondary N) is 2. The molecule has 33 heavy (non-hydrogen) atoms. The van der Waals surface area contributed by atoms with Gasteiger partial charge in [-0.2, -0.15) is 9.97 Å². The molecule has 0 aliphatic heterocycles. The van der Waals surface area contributed by atoms with Crippen LogP contribution in [0.15, 0.2) is 40.2 Å².